The second-order valence-corrected chi connectivity index (χ2v) is 20.7. The summed E-state index contributed by atoms with van der Waals surface area (Å²) in [6, 6.07) is 5.52. The molecule has 0 unspecified atom stereocenters. The number of unbranched alkanes of at least 4 members (excludes halogenated alkanes) is 5. The highest BCUT2D eigenvalue weighted by Gasteiger charge is 2.25. The molecule has 0 atom stereocenters. The highest BCUT2D eigenvalue weighted by molar-refractivity contribution is 4.87. The van der Waals surface area contributed by atoms with Crippen LogP contribution in [0.5, 0.6) is 0 Å². The molecule has 8 aliphatic rings. The summed E-state index contributed by atoms with van der Waals surface area (Å²) < 4.78 is 23.1. The van der Waals surface area contributed by atoms with Gasteiger partial charge in [-0.1, -0.05) is 90.0 Å². The third-order valence-electron chi connectivity index (χ3n) is 13.3. The standard InChI is InChI=1S/C8H18N2.C7H15FN2.2C7H16N2.C6H11N3.C5H11FN2.2C5H12N2.4CH4/c1-2-3-4-5-10-6-8(9)7-10;8-3-1-2-4-10-5-7(9)6-10;2*1-2-3-4-9-5-7(8)6-9;7-2-1-3-9-4-6(8)5-9;6-1-2-8-3-5(7)4-8;2*1-2-7-3-5(6)4-7;;;;/h8H,2-7,9H2,1H3;7H,1-6,9H2;2*7H,2-6,8H2,1H3;6H,1,3-5,8H2;5H,1-4,7H2;2*5H,2-4,6H2,1H3;4*1H4. The van der Waals surface area contributed by atoms with Gasteiger partial charge in [-0.2, -0.15) is 5.26 Å². The second-order valence-electron chi connectivity index (χ2n) is 20.7. The largest absolute Gasteiger partial charge is 0.325 e. The number of rotatable bonds is 20. The van der Waals surface area contributed by atoms with Crippen LogP contribution in [0.2, 0.25) is 0 Å². The highest BCUT2D eigenvalue weighted by Crippen LogP contribution is 2.10. The van der Waals surface area contributed by atoms with Crippen LogP contribution in [0.1, 0.15) is 129 Å². The minimum Gasteiger partial charge on any atom is -0.325 e. The lowest BCUT2D eigenvalue weighted by molar-refractivity contribution is 0.140. The summed E-state index contributed by atoms with van der Waals surface area (Å²) in [6.45, 7) is 36.1. The smallest absolute Gasteiger partial charge is 0.102 e. The summed E-state index contributed by atoms with van der Waals surface area (Å²) >= 11 is 0. The zero-order valence-electron chi connectivity index (χ0n) is 45.0. The van der Waals surface area contributed by atoms with Gasteiger partial charge in [-0.3, -0.25) is 14.2 Å². The Hall–Kier alpha value is -1.29. The number of nitriles is 1. The number of hydrogen-bond acceptors (Lipinski definition) is 17. The summed E-state index contributed by atoms with van der Waals surface area (Å²) in [5, 5.41) is 8.19. The van der Waals surface area contributed by atoms with Gasteiger partial charge in [0.2, 0.25) is 0 Å². The van der Waals surface area contributed by atoms with Crippen molar-refractivity contribution in [3.63, 3.8) is 0 Å². The van der Waals surface area contributed by atoms with Gasteiger partial charge in [0, 0.05) is 173 Å². The van der Waals surface area contributed by atoms with E-state index in [4.69, 9.17) is 51.1 Å². The average Bonchev–Trinajstić information content (AvgIpc) is 3.24. The van der Waals surface area contributed by atoms with Crippen molar-refractivity contribution < 1.29 is 8.78 Å². The minimum absolute atomic E-state index is 0. The molecule has 17 nitrogen and oxygen atoms in total. The Morgan fingerprint density at radius 1 is 0.329 bits per heavy atom. The Labute approximate surface area is 451 Å². The van der Waals surface area contributed by atoms with Gasteiger partial charge >= 0.3 is 0 Å². The molecule has 0 aromatic rings. The lowest BCUT2D eigenvalue weighted by Gasteiger charge is -2.36. The predicted molar refractivity (Wildman–Crippen MR) is 314 cm³/mol. The number of likely N-dealkylation sites (N-methyl/N-ethyl adjacent to an activating group) is 2. The second kappa shape index (κ2) is 49.0. The Kier molecular flexibility index (Phi) is 52.5. The van der Waals surface area contributed by atoms with Gasteiger partial charge in [0.1, 0.15) is 6.67 Å². The van der Waals surface area contributed by atoms with Gasteiger partial charge in [-0.25, -0.2) is 4.39 Å². The first-order valence-electron chi connectivity index (χ1n) is 27.4. The number of nitrogens with two attached hydrogens (primary N) is 8. The van der Waals surface area contributed by atoms with Crippen molar-refractivity contribution in [1.29, 1.82) is 5.26 Å². The van der Waals surface area contributed by atoms with E-state index in [1.165, 1.54) is 64.6 Å². The summed E-state index contributed by atoms with van der Waals surface area (Å²) in [6.07, 6.45) is 11.6. The van der Waals surface area contributed by atoms with Crippen LogP contribution in [0, 0.1) is 11.3 Å². The third kappa shape index (κ3) is 39.7. The van der Waals surface area contributed by atoms with Crippen molar-refractivity contribution in [3.05, 3.63) is 0 Å². The van der Waals surface area contributed by atoms with E-state index in [9.17, 15) is 8.78 Å². The molecule has 16 N–H and O–H groups in total. The molecule has 8 aliphatic heterocycles. The molecule has 73 heavy (non-hydrogen) atoms. The van der Waals surface area contributed by atoms with Crippen LogP contribution in [0.15, 0.2) is 0 Å². The molecule has 8 saturated heterocycles. The van der Waals surface area contributed by atoms with Gasteiger partial charge in [-0.15, -0.1) is 0 Å². The van der Waals surface area contributed by atoms with Crippen LogP contribution in [-0.4, -0.2) is 258 Å². The first-order valence-corrected chi connectivity index (χ1v) is 27.4. The van der Waals surface area contributed by atoms with Crippen molar-refractivity contribution in [2.45, 2.75) is 177 Å². The normalized spacial score (nSPS) is 21.1. The van der Waals surface area contributed by atoms with E-state index in [-0.39, 0.29) is 43.1 Å². The van der Waals surface area contributed by atoms with Crippen molar-refractivity contribution in [2.75, 3.05) is 170 Å². The van der Waals surface area contributed by atoms with Gasteiger partial charge in [0.15, 0.2) is 0 Å². The molecule has 8 rings (SSSR count). The average molecular weight is 1050 g/mol. The minimum atomic E-state index is -0.243. The molecule has 0 bridgehead atoms. The summed E-state index contributed by atoms with van der Waals surface area (Å²) in [5.41, 5.74) is 44.3. The van der Waals surface area contributed by atoms with Crippen molar-refractivity contribution in [1.82, 2.24) is 39.2 Å². The Morgan fingerprint density at radius 2 is 0.562 bits per heavy atom. The summed E-state index contributed by atoms with van der Waals surface area (Å²) in [7, 11) is 0. The SMILES string of the molecule is C.C.C.C.CCCCCN1CC(N)C1.CCCCN1CC(N)C1.CCCCN1CC(N)C1.CCN1CC(N)C1.CCN1CC(N)C1.N#CCCN1CC(N)C1.NC1CN(CCCCF)C1.NC1CN(CCF)C1. The monoisotopic (exact) mass is 1050 g/mol. The third-order valence-corrected chi connectivity index (χ3v) is 13.3. The molecule has 8 heterocycles. The van der Waals surface area contributed by atoms with Gasteiger partial charge in [-0.05, 0) is 71.4 Å². The zero-order chi connectivity index (χ0) is 51.4. The maximum absolute atomic E-state index is 11.6. The quantitative estimate of drug-likeness (QED) is 0.0816. The van der Waals surface area contributed by atoms with Crippen molar-refractivity contribution >= 4 is 0 Å². The van der Waals surface area contributed by atoms with Crippen LogP contribution in [0.3, 0.4) is 0 Å². The number of nitrogens with zero attached hydrogens (tertiary/aromatic N) is 9. The molecular weight excluding hydrogens is 925 g/mol. The molecule has 19 heteroatoms. The van der Waals surface area contributed by atoms with Crippen LogP contribution in [-0.2, 0) is 0 Å². The lowest BCUT2D eigenvalue weighted by Crippen LogP contribution is -2.56. The Morgan fingerprint density at radius 3 is 0.767 bits per heavy atom. The van der Waals surface area contributed by atoms with Crippen molar-refractivity contribution in [2.24, 2.45) is 45.9 Å². The zero-order valence-corrected chi connectivity index (χ0v) is 45.0. The Bertz CT molecular complexity index is 1110. The van der Waals surface area contributed by atoms with Gasteiger partial charge in [0.25, 0.3) is 0 Å². The number of hydrogen-bond donors (Lipinski definition) is 8. The molecule has 0 saturated carbocycles. The maximum Gasteiger partial charge on any atom is 0.102 e. The maximum atomic E-state index is 11.6. The molecule has 0 aromatic carbocycles. The fourth-order valence-electron chi connectivity index (χ4n) is 8.60. The topological polar surface area (TPSA) is 258 Å². The molecule has 442 valence electrons. The first-order chi connectivity index (χ1) is 33.1. The molecule has 0 aliphatic carbocycles. The first kappa shape index (κ1) is 78.2. The van der Waals surface area contributed by atoms with Crippen LogP contribution >= 0.6 is 0 Å². The number of halogens is 2. The van der Waals surface area contributed by atoms with Crippen LogP contribution in [0.25, 0.3) is 0 Å². The van der Waals surface area contributed by atoms with E-state index in [0.717, 1.165) is 137 Å². The number of likely N-dealkylation sites (tertiary alicyclic amines) is 8. The van der Waals surface area contributed by atoms with Crippen LogP contribution in [0.4, 0.5) is 8.78 Å². The van der Waals surface area contributed by atoms with E-state index in [0.29, 0.717) is 67.7 Å². The summed E-state index contributed by atoms with van der Waals surface area (Å²) in [5.74, 6) is 0. The Balaban J connectivity index is -0.000000371. The molecule has 0 amide bonds. The van der Waals surface area contributed by atoms with Gasteiger partial charge < -0.3 is 75.3 Å². The number of alkyl halides is 2. The fraction of sp³-hybridized carbons (Fsp3) is 0.981. The predicted octanol–water partition coefficient (Wildman–Crippen LogP) is 3.04. The van der Waals surface area contributed by atoms with Crippen molar-refractivity contribution in [3.8, 4) is 6.07 Å². The fourth-order valence-corrected chi connectivity index (χ4v) is 8.60. The van der Waals surface area contributed by atoms with E-state index in [1.807, 2.05) is 4.90 Å². The van der Waals surface area contributed by atoms with E-state index in [1.54, 1.807) is 0 Å². The summed E-state index contributed by atoms with van der Waals surface area (Å²) in [4.78, 5) is 18.4. The van der Waals surface area contributed by atoms with E-state index in [2.05, 4.69) is 75.0 Å². The molecular formula is C54H127F2N17. The highest BCUT2D eigenvalue weighted by atomic mass is 19.1. The van der Waals surface area contributed by atoms with E-state index >= 15 is 0 Å². The lowest BCUT2D eigenvalue weighted by atomic mass is 10.1. The molecule has 0 aromatic heterocycles. The van der Waals surface area contributed by atoms with Crippen LogP contribution < -0.4 is 45.9 Å². The van der Waals surface area contributed by atoms with Gasteiger partial charge in [0.05, 0.1) is 12.7 Å². The molecule has 0 radical (unpaired) electrons. The van der Waals surface area contributed by atoms with E-state index < -0.39 is 0 Å². The molecule has 8 fully saturated rings. The molecule has 0 spiro atoms.